The summed E-state index contributed by atoms with van der Waals surface area (Å²) in [5.74, 6) is 1.64. The normalized spacial score (nSPS) is 11.0. The highest BCUT2D eigenvalue weighted by molar-refractivity contribution is 7.85. The molecule has 0 aliphatic rings. The number of hydrogen-bond donors (Lipinski definition) is 0. The number of hydrogen-bond acceptors (Lipinski definition) is 3. The zero-order chi connectivity index (χ0) is 11.5. The Labute approximate surface area is 88.0 Å². The highest BCUT2D eigenvalue weighted by Crippen LogP contribution is 2.11. The lowest BCUT2D eigenvalue weighted by molar-refractivity contribution is 0.311. The van der Waals surface area contributed by atoms with E-state index >= 15 is 0 Å². The van der Waals surface area contributed by atoms with Gasteiger partial charge in [0.2, 0.25) is 0 Å². The summed E-state index contributed by atoms with van der Waals surface area (Å²) in [5, 5.41) is 0. The van der Waals surface area contributed by atoms with Crippen LogP contribution in [0.4, 0.5) is 4.39 Å². The Morgan fingerprint density at radius 3 is 2.73 bits per heavy atom. The fourth-order valence-corrected chi connectivity index (χ4v) is 1.30. The van der Waals surface area contributed by atoms with Crippen molar-refractivity contribution in [2.75, 3.05) is 6.26 Å². The minimum absolute atomic E-state index is 0.0876. The van der Waals surface area contributed by atoms with Crippen molar-refractivity contribution in [3.8, 4) is 12.3 Å². The first-order valence-electron chi connectivity index (χ1n) is 4.02. The predicted octanol–water partition coefficient (Wildman–Crippen LogP) is 1.28. The van der Waals surface area contributed by atoms with Gasteiger partial charge in [-0.1, -0.05) is 12.0 Å². The Morgan fingerprint density at radius 2 is 2.20 bits per heavy atom. The minimum Gasteiger partial charge on any atom is -0.265 e. The first-order valence-corrected chi connectivity index (χ1v) is 5.83. The van der Waals surface area contributed by atoms with Crippen molar-refractivity contribution in [2.24, 2.45) is 0 Å². The second-order valence-corrected chi connectivity index (χ2v) is 4.57. The first-order chi connectivity index (χ1) is 6.92. The van der Waals surface area contributed by atoms with E-state index in [0.29, 0.717) is 5.56 Å². The molecule has 1 aromatic rings. The monoisotopic (exact) mass is 228 g/mol. The van der Waals surface area contributed by atoms with Crippen LogP contribution in [0.15, 0.2) is 18.2 Å². The molecule has 80 valence electrons. The van der Waals surface area contributed by atoms with Gasteiger partial charge in [-0.05, 0) is 17.7 Å². The molecule has 15 heavy (non-hydrogen) atoms. The van der Waals surface area contributed by atoms with Crippen molar-refractivity contribution in [3.05, 3.63) is 35.1 Å². The lowest BCUT2D eigenvalue weighted by Crippen LogP contribution is -2.03. The maximum Gasteiger partial charge on any atom is 0.264 e. The van der Waals surface area contributed by atoms with Crippen molar-refractivity contribution >= 4 is 10.1 Å². The molecule has 1 aromatic carbocycles. The van der Waals surface area contributed by atoms with Gasteiger partial charge in [0.25, 0.3) is 10.1 Å². The summed E-state index contributed by atoms with van der Waals surface area (Å²) >= 11 is 0. The van der Waals surface area contributed by atoms with Gasteiger partial charge in [-0.2, -0.15) is 8.42 Å². The van der Waals surface area contributed by atoms with E-state index in [1.165, 1.54) is 18.2 Å². The zero-order valence-corrected chi connectivity index (χ0v) is 8.84. The van der Waals surface area contributed by atoms with Crippen LogP contribution >= 0.6 is 0 Å². The number of benzene rings is 1. The molecule has 0 atom stereocenters. The molecule has 3 nitrogen and oxygen atoms in total. The molecule has 0 N–H and O–H groups in total. The molecular formula is C10H9FO3S. The molecule has 0 unspecified atom stereocenters. The van der Waals surface area contributed by atoms with Gasteiger partial charge in [0.15, 0.2) is 0 Å². The molecule has 0 saturated heterocycles. The Bertz CT molecular complexity index is 500. The fourth-order valence-electron chi connectivity index (χ4n) is 0.948. The van der Waals surface area contributed by atoms with Crippen LogP contribution in [0.2, 0.25) is 0 Å². The first kappa shape index (κ1) is 11.7. The SMILES string of the molecule is C#Cc1cc(COS(C)(=O)=O)ccc1F. The lowest BCUT2D eigenvalue weighted by Gasteiger charge is -2.02. The molecule has 0 spiro atoms. The molecule has 1 rings (SSSR count). The summed E-state index contributed by atoms with van der Waals surface area (Å²) < 4.78 is 38.9. The number of rotatable bonds is 3. The van der Waals surface area contributed by atoms with Crippen LogP contribution in [0.25, 0.3) is 0 Å². The van der Waals surface area contributed by atoms with Crippen LogP contribution in [0.5, 0.6) is 0 Å². The molecule has 0 aromatic heterocycles. The maximum atomic E-state index is 12.9. The van der Waals surface area contributed by atoms with E-state index in [2.05, 4.69) is 10.1 Å². The van der Waals surface area contributed by atoms with Crippen LogP contribution in [-0.4, -0.2) is 14.7 Å². The van der Waals surface area contributed by atoms with Gasteiger partial charge < -0.3 is 0 Å². The Morgan fingerprint density at radius 1 is 1.53 bits per heavy atom. The third-order valence-corrected chi connectivity index (χ3v) is 2.17. The Kier molecular flexibility index (Phi) is 3.45. The standard InChI is InChI=1S/C10H9FO3S/c1-3-9-6-8(4-5-10(9)11)7-14-15(2,12)13/h1,4-6H,7H2,2H3. The van der Waals surface area contributed by atoms with E-state index in [0.717, 1.165) is 6.26 Å². The molecule has 0 bridgehead atoms. The van der Waals surface area contributed by atoms with E-state index in [9.17, 15) is 12.8 Å². The average Bonchev–Trinajstić information content (AvgIpc) is 2.15. The number of terminal acetylenes is 1. The van der Waals surface area contributed by atoms with Gasteiger partial charge in [0.05, 0.1) is 18.4 Å². The van der Waals surface area contributed by atoms with Crippen molar-refractivity contribution in [2.45, 2.75) is 6.61 Å². The Balaban J connectivity index is 2.85. The maximum absolute atomic E-state index is 12.9. The summed E-state index contributed by atoms with van der Waals surface area (Å²) in [6.45, 7) is -0.145. The van der Waals surface area contributed by atoms with Crippen molar-refractivity contribution in [1.82, 2.24) is 0 Å². The molecule has 0 heterocycles. The predicted molar refractivity (Wildman–Crippen MR) is 54.0 cm³/mol. The van der Waals surface area contributed by atoms with Crippen LogP contribution in [0.3, 0.4) is 0 Å². The van der Waals surface area contributed by atoms with Gasteiger partial charge in [-0.15, -0.1) is 6.42 Å². The highest BCUT2D eigenvalue weighted by atomic mass is 32.2. The van der Waals surface area contributed by atoms with Gasteiger partial charge in [0.1, 0.15) is 5.82 Å². The van der Waals surface area contributed by atoms with Crippen LogP contribution in [0.1, 0.15) is 11.1 Å². The topological polar surface area (TPSA) is 43.4 Å². The van der Waals surface area contributed by atoms with E-state index in [-0.39, 0.29) is 12.2 Å². The molecule has 0 radical (unpaired) electrons. The molecule has 0 amide bonds. The fraction of sp³-hybridized carbons (Fsp3) is 0.200. The van der Waals surface area contributed by atoms with E-state index in [4.69, 9.17) is 6.42 Å². The minimum atomic E-state index is -3.50. The lowest BCUT2D eigenvalue weighted by atomic mass is 10.1. The van der Waals surface area contributed by atoms with E-state index < -0.39 is 15.9 Å². The van der Waals surface area contributed by atoms with Gasteiger partial charge in [-0.25, -0.2) is 4.39 Å². The smallest absolute Gasteiger partial charge is 0.264 e. The quantitative estimate of drug-likeness (QED) is 0.578. The van der Waals surface area contributed by atoms with Crippen LogP contribution in [-0.2, 0) is 20.9 Å². The zero-order valence-electron chi connectivity index (χ0n) is 8.03. The van der Waals surface area contributed by atoms with E-state index in [1.807, 2.05) is 0 Å². The molecule has 0 aliphatic carbocycles. The van der Waals surface area contributed by atoms with Crippen molar-refractivity contribution in [3.63, 3.8) is 0 Å². The van der Waals surface area contributed by atoms with Gasteiger partial charge in [-0.3, -0.25) is 4.18 Å². The second kappa shape index (κ2) is 4.43. The second-order valence-electron chi connectivity index (χ2n) is 2.92. The molecule has 0 fully saturated rings. The highest BCUT2D eigenvalue weighted by Gasteiger charge is 2.05. The van der Waals surface area contributed by atoms with Crippen molar-refractivity contribution < 1.29 is 17.0 Å². The van der Waals surface area contributed by atoms with E-state index in [1.54, 1.807) is 0 Å². The molecule has 0 saturated carbocycles. The van der Waals surface area contributed by atoms with Crippen LogP contribution < -0.4 is 0 Å². The van der Waals surface area contributed by atoms with Crippen molar-refractivity contribution in [1.29, 1.82) is 0 Å². The summed E-state index contributed by atoms with van der Waals surface area (Å²) in [4.78, 5) is 0. The van der Waals surface area contributed by atoms with Gasteiger partial charge in [0, 0.05) is 0 Å². The number of halogens is 1. The third-order valence-electron chi connectivity index (χ3n) is 1.63. The van der Waals surface area contributed by atoms with Crippen LogP contribution in [0, 0.1) is 18.2 Å². The summed E-state index contributed by atoms with van der Waals surface area (Å²) in [6.07, 6.45) is 6.00. The third kappa shape index (κ3) is 3.70. The molecule has 5 heteroatoms. The Hall–Kier alpha value is -1.38. The summed E-state index contributed by atoms with van der Waals surface area (Å²) in [6, 6.07) is 3.97. The summed E-state index contributed by atoms with van der Waals surface area (Å²) in [7, 11) is -3.50. The van der Waals surface area contributed by atoms with Gasteiger partial charge >= 0.3 is 0 Å². The average molecular weight is 228 g/mol. The summed E-state index contributed by atoms with van der Waals surface area (Å²) in [5.41, 5.74) is 0.597. The molecular weight excluding hydrogens is 219 g/mol. The molecule has 0 aliphatic heterocycles. The largest absolute Gasteiger partial charge is 0.265 e.